The average molecular weight is 475 g/mol. The summed E-state index contributed by atoms with van der Waals surface area (Å²) in [6.45, 7) is 0.506. The number of nitrogens with zero attached hydrogens (tertiary/aromatic N) is 6. The van der Waals surface area contributed by atoms with Gasteiger partial charge >= 0.3 is 0 Å². The molecule has 0 saturated heterocycles. The SMILES string of the molecule is COc1cccc(/C=N/n2c3nc4ccccc4nc3c3c(=O)n(CCc4ccccc4)cnc32)c1. The molecule has 6 aromatic rings. The normalized spacial score (nSPS) is 11.7. The van der Waals surface area contributed by atoms with Crippen molar-refractivity contribution < 1.29 is 4.74 Å². The Kier molecular flexibility index (Phi) is 5.46. The van der Waals surface area contributed by atoms with Crippen LogP contribution in [0.1, 0.15) is 11.1 Å². The van der Waals surface area contributed by atoms with Crippen molar-refractivity contribution in [2.24, 2.45) is 5.10 Å². The molecule has 0 aliphatic rings. The largest absolute Gasteiger partial charge is 0.497 e. The summed E-state index contributed by atoms with van der Waals surface area (Å²) in [5.74, 6) is 0.728. The van der Waals surface area contributed by atoms with Crippen LogP contribution in [-0.4, -0.2) is 37.5 Å². The minimum atomic E-state index is -0.166. The molecule has 0 unspecified atom stereocenters. The zero-order valence-electron chi connectivity index (χ0n) is 19.6. The van der Waals surface area contributed by atoms with E-state index in [1.54, 1.807) is 28.9 Å². The number of aryl methyl sites for hydroxylation is 2. The molecule has 0 aliphatic heterocycles. The molecule has 0 radical (unpaired) electrons. The van der Waals surface area contributed by atoms with Gasteiger partial charge in [0.05, 0.1) is 30.7 Å². The van der Waals surface area contributed by atoms with Gasteiger partial charge in [-0.05, 0) is 41.8 Å². The Hall–Kier alpha value is -4.85. The number of hydrogen-bond donors (Lipinski definition) is 0. The lowest BCUT2D eigenvalue weighted by Gasteiger charge is -2.06. The van der Waals surface area contributed by atoms with Crippen LogP contribution < -0.4 is 10.3 Å². The molecule has 0 bridgehead atoms. The molecule has 36 heavy (non-hydrogen) atoms. The average Bonchev–Trinajstić information content (AvgIpc) is 3.23. The Morgan fingerprint density at radius 1 is 0.917 bits per heavy atom. The Bertz CT molecular complexity index is 1800. The second-order valence-corrected chi connectivity index (χ2v) is 8.39. The first kappa shape index (κ1) is 21.7. The number of aromatic nitrogens is 5. The Balaban J connectivity index is 1.53. The summed E-state index contributed by atoms with van der Waals surface area (Å²) in [7, 11) is 1.62. The fourth-order valence-electron chi connectivity index (χ4n) is 4.26. The number of methoxy groups -OCH3 is 1. The smallest absolute Gasteiger partial charge is 0.265 e. The molecule has 0 N–H and O–H groups in total. The Morgan fingerprint density at radius 3 is 2.50 bits per heavy atom. The predicted octanol–water partition coefficient (Wildman–Crippen LogP) is 4.43. The highest BCUT2D eigenvalue weighted by Crippen LogP contribution is 2.25. The molecular formula is C28H22N6O2. The molecule has 0 saturated carbocycles. The molecule has 0 amide bonds. The monoisotopic (exact) mass is 474 g/mol. The van der Waals surface area contributed by atoms with E-state index in [2.05, 4.69) is 10.1 Å². The van der Waals surface area contributed by atoms with Gasteiger partial charge in [0.2, 0.25) is 0 Å². The van der Waals surface area contributed by atoms with Gasteiger partial charge in [0.25, 0.3) is 5.56 Å². The molecule has 176 valence electrons. The fourth-order valence-corrected chi connectivity index (χ4v) is 4.26. The highest BCUT2D eigenvalue weighted by Gasteiger charge is 2.19. The van der Waals surface area contributed by atoms with Crippen molar-refractivity contribution in [3.8, 4) is 5.75 Å². The maximum absolute atomic E-state index is 13.6. The number of rotatable bonds is 6. The van der Waals surface area contributed by atoms with Gasteiger partial charge in [-0.1, -0.05) is 54.6 Å². The van der Waals surface area contributed by atoms with Gasteiger partial charge in [-0.15, -0.1) is 0 Å². The zero-order chi connectivity index (χ0) is 24.5. The van der Waals surface area contributed by atoms with Crippen molar-refractivity contribution in [3.05, 3.63) is 107 Å². The first-order chi connectivity index (χ1) is 17.7. The summed E-state index contributed by atoms with van der Waals surface area (Å²) < 4.78 is 8.53. The molecule has 3 aromatic heterocycles. The van der Waals surface area contributed by atoms with Crippen molar-refractivity contribution in [3.63, 3.8) is 0 Å². The van der Waals surface area contributed by atoms with Crippen LogP contribution in [0.4, 0.5) is 0 Å². The van der Waals surface area contributed by atoms with Gasteiger partial charge in [-0.3, -0.25) is 9.36 Å². The Morgan fingerprint density at radius 2 is 1.69 bits per heavy atom. The van der Waals surface area contributed by atoms with Crippen LogP contribution in [0.5, 0.6) is 5.75 Å². The maximum Gasteiger partial charge on any atom is 0.265 e. The summed E-state index contributed by atoms with van der Waals surface area (Å²) in [5.41, 5.74) is 4.64. The van der Waals surface area contributed by atoms with Crippen LogP contribution in [0.2, 0.25) is 0 Å². The fraction of sp³-hybridized carbons (Fsp3) is 0.107. The summed E-state index contributed by atoms with van der Waals surface area (Å²) in [6.07, 6.45) is 3.99. The third-order valence-electron chi connectivity index (χ3n) is 6.11. The molecular weight excluding hydrogens is 452 g/mol. The highest BCUT2D eigenvalue weighted by atomic mass is 16.5. The van der Waals surface area contributed by atoms with Gasteiger partial charge < -0.3 is 4.74 Å². The summed E-state index contributed by atoms with van der Waals surface area (Å²) in [4.78, 5) is 27.9. The van der Waals surface area contributed by atoms with E-state index in [1.165, 1.54) is 0 Å². The zero-order valence-corrected chi connectivity index (χ0v) is 19.6. The Labute approximate surface area is 206 Å². The van der Waals surface area contributed by atoms with Crippen molar-refractivity contribution in [2.75, 3.05) is 7.11 Å². The van der Waals surface area contributed by atoms with Gasteiger partial charge in [0.1, 0.15) is 16.7 Å². The first-order valence-corrected chi connectivity index (χ1v) is 11.6. The van der Waals surface area contributed by atoms with Crippen LogP contribution in [-0.2, 0) is 13.0 Å². The lowest BCUT2D eigenvalue weighted by Crippen LogP contribution is -2.21. The topological polar surface area (TPSA) is 87.2 Å². The number of hydrogen-bond acceptors (Lipinski definition) is 6. The molecule has 3 aromatic carbocycles. The van der Waals surface area contributed by atoms with Crippen LogP contribution >= 0.6 is 0 Å². The number of benzene rings is 3. The van der Waals surface area contributed by atoms with E-state index in [4.69, 9.17) is 14.7 Å². The standard InChI is InChI=1S/C28H22N6O2/c1-36-21-11-7-10-20(16-21)17-30-34-26-24(25-27(34)32-23-13-6-5-12-22(23)31-25)28(35)33(18-29-26)15-14-19-8-3-2-4-9-19/h2-13,16-18H,14-15H2,1H3/b30-17+. The van der Waals surface area contributed by atoms with E-state index in [9.17, 15) is 4.79 Å². The van der Waals surface area contributed by atoms with Crippen molar-refractivity contribution in [1.29, 1.82) is 0 Å². The van der Waals surface area contributed by atoms with Gasteiger partial charge in [0, 0.05) is 6.54 Å². The molecule has 0 spiro atoms. The van der Waals surface area contributed by atoms with Crippen LogP contribution in [0.3, 0.4) is 0 Å². The van der Waals surface area contributed by atoms with E-state index in [0.717, 1.165) is 28.8 Å². The number of ether oxygens (including phenoxy) is 1. The summed E-state index contributed by atoms with van der Waals surface area (Å²) >= 11 is 0. The molecule has 8 nitrogen and oxygen atoms in total. The quantitative estimate of drug-likeness (QED) is 0.333. The molecule has 6 rings (SSSR count). The second-order valence-electron chi connectivity index (χ2n) is 8.39. The third kappa shape index (κ3) is 3.88. The number of para-hydroxylation sites is 2. The molecule has 0 fully saturated rings. The summed E-state index contributed by atoms with van der Waals surface area (Å²) in [6, 6.07) is 25.2. The van der Waals surface area contributed by atoms with E-state index < -0.39 is 0 Å². The molecule has 3 heterocycles. The van der Waals surface area contributed by atoms with E-state index in [1.807, 2.05) is 78.9 Å². The van der Waals surface area contributed by atoms with Crippen LogP contribution in [0, 0.1) is 0 Å². The van der Waals surface area contributed by atoms with Crippen LogP contribution in [0.25, 0.3) is 33.2 Å². The maximum atomic E-state index is 13.6. The minimum absolute atomic E-state index is 0.166. The lowest BCUT2D eigenvalue weighted by atomic mass is 10.1. The minimum Gasteiger partial charge on any atom is -0.497 e. The van der Waals surface area contributed by atoms with E-state index >= 15 is 0 Å². The molecule has 0 aliphatic carbocycles. The predicted molar refractivity (Wildman–Crippen MR) is 141 cm³/mol. The van der Waals surface area contributed by atoms with E-state index in [0.29, 0.717) is 34.3 Å². The van der Waals surface area contributed by atoms with Crippen LogP contribution in [0.15, 0.2) is 95.1 Å². The highest BCUT2D eigenvalue weighted by molar-refractivity contribution is 6.04. The van der Waals surface area contributed by atoms with Gasteiger partial charge in [-0.25, -0.2) is 15.0 Å². The second kappa shape index (κ2) is 9.07. The van der Waals surface area contributed by atoms with E-state index in [-0.39, 0.29) is 5.56 Å². The van der Waals surface area contributed by atoms with Gasteiger partial charge in [0.15, 0.2) is 11.3 Å². The molecule has 8 heteroatoms. The van der Waals surface area contributed by atoms with Crippen molar-refractivity contribution in [2.45, 2.75) is 13.0 Å². The van der Waals surface area contributed by atoms with Crippen molar-refractivity contribution >= 4 is 39.4 Å². The lowest BCUT2D eigenvalue weighted by molar-refractivity contribution is 0.415. The molecule has 0 atom stereocenters. The third-order valence-corrected chi connectivity index (χ3v) is 6.11. The number of fused-ring (bicyclic) bond motifs is 4. The van der Waals surface area contributed by atoms with Crippen molar-refractivity contribution in [1.82, 2.24) is 24.2 Å². The first-order valence-electron chi connectivity index (χ1n) is 11.6. The summed E-state index contributed by atoms with van der Waals surface area (Å²) in [5, 5.41) is 5.07. The van der Waals surface area contributed by atoms with Gasteiger partial charge in [-0.2, -0.15) is 9.78 Å².